The van der Waals surface area contributed by atoms with Crippen molar-refractivity contribution in [3.05, 3.63) is 42.2 Å². The lowest BCUT2D eigenvalue weighted by molar-refractivity contribution is -0.159. The van der Waals surface area contributed by atoms with Gasteiger partial charge in [-0.3, -0.25) is 9.78 Å². The average molecular weight is 520 g/mol. The number of pyridine rings is 1. The molecule has 0 aliphatic heterocycles. The van der Waals surface area contributed by atoms with Gasteiger partial charge in [0.2, 0.25) is 0 Å². The number of hydrogen-bond donors (Lipinski definition) is 1. The molecule has 212 valence electrons. The minimum Gasteiger partial charge on any atom is -0.481 e. The van der Waals surface area contributed by atoms with Crippen molar-refractivity contribution >= 4 is 11.9 Å². The van der Waals surface area contributed by atoms with Crippen LogP contribution in [0.25, 0.3) is 0 Å². The minimum atomic E-state index is -0.664. The van der Waals surface area contributed by atoms with E-state index in [1.807, 2.05) is 26.0 Å². The van der Waals surface area contributed by atoms with E-state index in [9.17, 15) is 9.59 Å². The highest BCUT2D eigenvalue weighted by molar-refractivity contribution is 5.75. The van der Waals surface area contributed by atoms with E-state index in [0.29, 0.717) is 19.4 Å². The molecule has 1 atom stereocenters. The second-order valence-electron chi connectivity index (χ2n) is 9.71. The smallest absolute Gasteiger partial charge is 0.335 e. The number of nitrogens with zero attached hydrogens (tertiary/aromatic N) is 1. The van der Waals surface area contributed by atoms with Crippen LogP contribution in [-0.4, -0.2) is 40.8 Å². The van der Waals surface area contributed by atoms with Gasteiger partial charge in [-0.15, -0.1) is 0 Å². The lowest BCUT2D eigenvalue weighted by Crippen LogP contribution is -2.31. The Balaban J connectivity index is 0.000000708. The fraction of sp³-hybridized carbons (Fsp3) is 0.710. The van der Waals surface area contributed by atoms with Crippen molar-refractivity contribution in [1.82, 2.24) is 4.98 Å². The Bertz CT molecular complexity index is 690. The highest BCUT2D eigenvalue weighted by Crippen LogP contribution is 2.11. The molecule has 1 N–H and O–H groups in total. The molecule has 37 heavy (non-hydrogen) atoms. The third-order valence-corrected chi connectivity index (χ3v) is 5.81. The fourth-order valence-electron chi connectivity index (χ4n) is 3.83. The van der Waals surface area contributed by atoms with Gasteiger partial charge >= 0.3 is 11.9 Å². The first-order chi connectivity index (χ1) is 17.9. The molecule has 0 amide bonds. The van der Waals surface area contributed by atoms with Gasteiger partial charge in [0.15, 0.2) is 6.10 Å². The zero-order valence-electron chi connectivity index (χ0n) is 24.0. The number of carbonyl (C=O) groups is 2. The normalized spacial score (nSPS) is 11.8. The third kappa shape index (κ3) is 23.9. The fourth-order valence-corrected chi connectivity index (χ4v) is 3.83. The number of carbonyl (C=O) groups excluding carboxylic acids is 1. The molecule has 1 heterocycles. The molecule has 1 unspecified atom stereocenters. The number of unbranched alkanes of at least 4 members (excludes halogenated alkanes) is 11. The molecule has 0 bridgehead atoms. The van der Waals surface area contributed by atoms with E-state index in [-0.39, 0.29) is 12.1 Å². The lowest BCUT2D eigenvalue weighted by Gasteiger charge is -2.18. The van der Waals surface area contributed by atoms with Gasteiger partial charge in [0.05, 0.1) is 12.7 Å². The molecule has 6 heteroatoms. The van der Waals surface area contributed by atoms with Crippen molar-refractivity contribution in [2.75, 3.05) is 6.61 Å². The van der Waals surface area contributed by atoms with Crippen LogP contribution >= 0.6 is 0 Å². The molecule has 0 radical (unpaired) electrons. The van der Waals surface area contributed by atoms with Crippen molar-refractivity contribution in [3.63, 3.8) is 0 Å². The Hall–Kier alpha value is -2.21. The zero-order chi connectivity index (χ0) is 27.6. The van der Waals surface area contributed by atoms with Crippen LogP contribution in [0.4, 0.5) is 0 Å². The molecular weight excluding hydrogens is 466 g/mol. The predicted octanol–water partition coefficient (Wildman–Crippen LogP) is 8.09. The summed E-state index contributed by atoms with van der Waals surface area (Å²) in [4.78, 5) is 26.0. The second-order valence-corrected chi connectivity index (χ2v) is 9.71. The quantitative estimate of drug-likeness (QED) is 0.100. The average Bonchev–Trinajstić information content (AvgIpc) is 2.87. The first kappa shape index (κ1) is 34.8. The van der Waals surface area contributed by atoms with Crippen LogP contribution in [0.3, 0.4) is 0 Å². The van der Waals surface area contributed by atoms with Crippen LogP contribution in [0.1, 0.15) is 123 Å². The largest absolute Gasteiger partial charge is 0.481 e. The number of aromatic nitrogens is 1. The molecular formula is C31H53NO5. The number of ether oxygens (including phenoxy) is 2. The predicted molar refractivity (Wildman–Crippen MR) is 152 cm³/mol. The SMILES string of the molecule is CCCCCCCC/C=C\CCCCCCCC(=O)O.CCOC(=O)C(Cc1ccncc1)OC(C)C. The molecule has 0 aromatic carbocycles. The van der Waals surface area contributed by atoms with Gasteiger partial charge < -0.3 is 14.6 Å². The standard InChI is InChI=1S/C18H34O2.C13H19NO3/c1-2-3-4-5-6-7-8-9-10-11-12-13-14-15-16-17-18(19)20;1-4-16-13(15)12(17-10(2)3)9-11-5-7-14-8-6-11/h9-10H,2-8,11-17H2,1H3,(H,19,20);5-8,10,12H,4,9H2,1-3H3/b10-9-;. The summed E-state index contributed by atoms with van der Waals surface area (Å²) in [6.45, 7) is 8.22. The molecule has 1 rings (SSSR count). The molecule has 1 aromatic rings. The van der Waals surface area contributed by atoms with Crippen LogP contribution < -0.4 is 0 Å². The van der Waals surface area contributed by atoms with E-state index >= 15 is 0 Å². The maximum absolute atomic E-state index is 11.7. The Morgan fingerprint density at radius 3 is 1.92 bits per heavy atom. The first-order valence-electron chi connectivity index (χ1n) is 14.5. The van der Waals surface area contributed by atoms with E-state index in [2.05, 4.69) is 24.1 Å². The Kier molecular flexibility index (Phi) is 23.9. The first-order valence-corrected chi connectivity index (χ1v) is 14.5. The monoisotopic (exact) mass is 519 g/mol. The van der Waals surface area contributed by atoms with Gasteiger partial charge in [0, 0.05) is 25.2 Å². The Labute approximate surface area is 226 Å². The van der Waals surface area contributed by atoms with Crippen molar-refractivity contribution in [1.29, 1.82) is 0 Å². The molecule has 0 fully saturated rings. The lowest BCUT2D eigenvalue weighted by atomic mass is 10.1. The molecule has 1 aromatic heterocycles. The minimum absolute atomic E-state index is 0.00811. The van der Waals surface area contributed by atoms with E-state index in [0.717, 1.165) is 18.4 Å². The van der Waals surface area contributed by atoms with Crippen molar-refractivity contribution in [2.24, 2.45) is 0 Å². The third-order valence-electron chi connectivity index (χ3n) is 5.81. The molecule has 0 spiro atoms. The van der Waals surface area contributed by atoms with Crippen molar-refractivity contribution in [2.45, 2.75) is 136 Å². The number of rotatable bonds is 21. The van der Waals surface area contributed by atoms with Crippen LogP contribution in [0.5, 0.6) is 0 Å². The molecule has 0 saturated heterocycles. The maximum Gasteiger partial charge on any atom is 0.335 e. The summed E-state index contributed by atoms with van der Waals surface area (Å²) in [6, 6.07) is 3.74. The number of aliphatic carboxylic acids is 1. The van der Waals surface area contributed by atoms with Gasteiger partial charge in [-0.05, 0) is 70.6 Å². The van der Waals surface area contributed by atoms with E-state index in [4.69, 9.17) is 14.6 Å². The number of carboxylic acid groups (broad SMARTS) is 1. The Morgan fingerprint density at radius 1 is 0.865 bits per heavy atom. The van der Waals surface area contributed by atoms with Crippen molar-refractivity contribution < 1.29 is 24.2 Å². The number of allylic oxidation sites excluding steroid dienone is 2. The van der Waals surface area contributed by atoms with Gasteiger partial charge in [0.25, 0.3) is 0 Å². The maximum atomic E-state index is 11.7. The molecule has 0 aliphatic rings. The number of carboxylic acids is 1. The summed E-state index contributed by atoms with van der Waals surface area (Å²) in [6.07, 6.45) is 24.6. The molecule has 0 saturated carbocycles. The van der Waals surface area contributed by atoms with Gasteiger partial charge in [0.1, 0.15) is 0 Å². The van der Waals surface area contributed by atoms with Crippen LogP contribution in [-0.2, 0) is 25.5 Å². The summed E-state index contributed by atoms with van der Waals surface area (Å²) in [7, 11) is 0. The number of hydrogen-bond acceptors (Lipinski definition) is 5. The Morgan fingerprint density at radius 2 is 1.41 bits per heavy atom. The molecule has 0 aliphatic carbocycles. The summed E-state index contributed by atoms with van der Waals surface area (Å²) < 4.78 is 10.6. The van der Waals surface area contributed by atoms with Crippen LogP contribution in [0, 0.1) is 0 Å². The van der Waals surface area contributed by atoms with E-state index in [1.54, 1.807) is 19.3 Å². The molecule has 6 nitrogen and oxygen atoms in total. The van der Waals surface area contributed by atoms with Gasteiger partial charge in [-0.25, -0.2) is 4.79 Å². The summed E-state index contributed by atoms with van der Waals surface area (Å²) in [5.41, 5.74) is 1.01. The summed E-state index contributed by atoms with van der Waals surface area (Å²) in [5.74, 6) is -0.972. The van der Waals surface area contributed by atoms with Gasteiger partial charge in [-0.2, -0.15) is 0 Å². The highest BCUT2D eigenvalue weighted by Gasteiger charge is 2.22. The summed E-state index contributed by atoms with van der Waals surface area (Å²) in [5, 5.41) is 8.51. The van der Waals surface area contributed by atoms with Crippen molar-refractivity contribution in [3.8, 4) is 0 Å². The highest BCUT2D eigenvalue weighted by atomic mass is 16.6. The van der Waals surface area contributed by atoms with Gasteiger partial charge in [-0.1, -0.05) is 70.4 Å². The van der Waals surface area contributed by atoms with Crippen LogP contribution in [0.15, 0.2) is 36.7 Å². The number of esters is 1. The summed E-state index contributed by atoms with van der Waals surface area (Å²) >= 11 is 0. The topological polar surface area (TPSA) is 85.7 Å². The van der Waals surface area contributed by atoms with E-state index in [1.165, 1.54) is 70.6 Å². The van der Waals surface area contributed by atoms with Crippen LogP contribution in [0.2, 0.25) is 0 Å². The second kappa shape index (κ2) is 25.4. The zero-order valence-corrected chi connectivity index (χ0v) is 24.0. The van der Waals surface area contributed by atoms with E-state index < -0.39 is 12.1 Å².